The van der Waals surface area contributed by atoms with Crippen LogP contribution in [0.2, 0.25) is 0 Å². The van der Waals surface area contributed by atoms with E-state index in [2.05, 4.69) is 0 Å². The van der Waals surface area contributed by atoms with E-state index < -0.39 is 30.7 Å². The lowest BCUT2D eigenvalue weighted by atomic mass is 9.99. The Labute approximate surface area is 186 Å². The predicted octanol–water partition coefficient (Wildman–Crippen LogP) is 1.45. The second-order valence-electron chi connectivity index (χ2n) is 8.13. The third-order valence-corrected chi connectivity index (χ3v) is 5.53. The van der Waals surface area contributed by atoms with Crippen LogP contribution < -0.4 is 0 Å². The molecule has 1 aliphatic rings. The molecule has 0 amide bonds. The lowest BCUT2D eigenvalue weighted by Crippen LogP contribution is -2.54. The lowest BCUT2D eigenvalue weighted by Gasteiger charge is -2.36. The summed E-state index contributed by atoms with van der Waals surface area (Å²) in [5.41, 5.74) is 1.80. The molecule has 174 valence electrons. The average molecular weight is 446 g/mol. The number of carbonyl (C=O) groups excluding carboxylic acids is 1. The molecule has 2 aromatic carbocycles. The van der Waals surface area contributed by atoms with E-state index in [4.69, 9.17) is 9.47 Å². The van der Waals surface area contributed by atoms with E-state index in [1.807, 2.05) is 6.07 Å². The van der Waals surface area contributed by atoms with Crippen molar-refractivity contribution in [1.29, 1.82) is 0 Å². The molecule has 5 N–H and O–H groups in total. The van der Waals surface area contributed by atoms with Crippen LogP contribution in [0.25, 0.3) is 0 Å². The molecule has 5 atom stereocenters. The number of hydrogen-bond acceptors (Lipinski definition) is 8. The number of ether oxygens (including phenoxy) is 2. The van der Waals surface area contributed by atoms with Crippen molar-refractivity contribution in [2.24, 2.45) is 0 Å². The van der Waals surface area contributed by atoms with Gasteiger partial charge in [0.1, 0.15) is 35.6 Å². The minimum Gasteiger partial charge on any atom is -0.508 e. The maximum Gasteiger partial charge on any atom is 0.186 e. The van der Waals surface area contributed by atoms with Crippen molar-refractivity contribution in [2.75, 3.05) is 6.61 Å². The highest BCUT2D eigenvalue weighted by Gasteiger charge is 2.39. The highest BCUT2D eigenvalue weighted by molar-refractivity contribution is 5.79. The van der Waals surface area contributed by atoms with Crippen molar-refractivity contribution in [1.82, 2.24) is 0 Å². The van der Waals surface area contributed by atoms with Crippen molar-refractivity contribution in [3.05, 3.63) is 59.7 Å². The van der Waals surface area contributed by atoms with Gasteiger partial charge in [-0.05, 0) is 54.7 Å². The van der Waals surface area contributed by atoms with E-state index in [9.17, 15) is 30.3 Å². The third kappa shape index (κ3) is 7.01. The van der Waals surface area contributed by atoms with Crippen molar-refractivity contribution >= 4 is 5.78 Å². The summed E-state index contributed by atoms with van der Waals surface area (Å²) >= 11 is 0. The first kappa shape index (κ1) is 24.2. The minimum atomic E-state index is -1.44. The smallest absolute Gasteiger partial charge is 0.186 e. The van der Waals surface area contributed by atoms with Crippen molar-refractivity contribution in [3.8, 4) is 11.5 Å². The fraction of sp³-hybridized carbons (Fsp3) is 0.458. The van der Waals surface area contributed by atoms with Gasteiger partial charge in [0, 0.05) is 12.8 Å². The Morgan fingerprint density at radius 1 is 0.969 bits per heavy atom. The van der Waals surface area contributed by atoms with Crippen LogP contribution in [0.3, 0.4) is 0 Å². The van der Waals surface area contributed by atoms with E-state index in [0.29, 0.717) is 19.3 Å². The van der Waals surface area contributed by atoms with Gasteiger partial charge in [-0.2, -0.15) is 0 Å². The first-order valence-corrected chi connectivity index (χ1v) is 10.7. The number of Topliss-reactive ketones (excluding diaryl/α,β-unsaturated/α-hetero) is 1. The molecule has 3 rings (SSSR count). The predicted molar refractivity (Wildman–Crippen MR) is 115 cm³/mol. The average Bonchev–Trinajstić information content (AvgIpc) is 2.77. The maximum absolute atomic E-state index is 12.6. The highest BCUT2D eigenvalue weighted by atomic mass is 16.7. The summed E-state index contributed by atoms with van der Waals surface area (Å²) in [5, 5.41) is 48.8. The zero-order chi connectivity index (χ0) is 23.1. The molecule has 1 aliphatic heterocycles. The Morgan fingerprint density at radius 2 is 1.72 bits per heavy atom. The first-order valence-electron chi connectivity index (χ1n) is 10.7. The molecule has 8 heteroatoms. The van der Waals surface area contributed by atoms with Gasteiger partial charge in [-0.15, -0.1) is 0 Å². The number of hydrogen-bond donors (Lipinski definition) is 5. The monoisotopic (exact) mass is 446 g/mol. The van der Waals surface area contributed by atoms with E-state index in [0.717, 1.165) is 11.1 Å². The number of rotatable bonds is 10. The molecule has 1 heterocycles. The number of benzene rings is 2. The fourth-order valence-electron chi connectivity index (χ4n) is 3.65. The van der Waals surface area contributed by atoms with Gasteiger partial charge in [0.25, 0.3) is 0 Å². The van der Waals surface area contributed by atoms with Gasteiger partial charge >= 0.3 is 0 Å². The van der Waals surface area contributed by atoms with Gasteiger partial charge < -0.3 is 35.0 Å². The molecular weight excluding hydrogens is 416 g/mol. The zero-order valence-electron chi connectivity index (χ0n) is 17.7. The summed E-state index contributed by atoms with van der Waals surface area (Å²) in [7, 11) is 0. The second-order valence-corrected chi connectivity index (χ2v) is 8.13. The van der Waals surface area contributed by atoms with Gasteiger partial charge in [-0.25, -0.2) is 0 Å². The van der Waals surface area contributed by atoms with Gasteiger partial charge in [0.15, 0.2) is 6.29 Å². The van der Waals surface area contributed by atoms with Crippen LogP contribution in [-0.4, -0.2) is 68.6 Å². The minimum absolute atomic E-state index is 0.0372. The summed E-state index contributed by atoms with van der Waals surface area (Å²) in [6.45, 7) is -0.184. The van der Waals surface area contributed by atoms with Crippen LogP contribution in [0.4, 0.5) is 0 Å². The van der Waals surface area contributed by atoms with Crippen molar-refractivity contribution in [3.63, 3.8) is 0 Å². The number of ketones is 1. The molecule has 2 aromatic rings. The number of aromatic hydroxyl groups is 2. The van der Waals surface area contributed by atoms with Gasteiger partial charge in [0.2, 0.25) is 0 Å². The number of carbonyl (C=O) groups is 1. The molecular formula is C24H30O8. The zero-order valence-corrected chi connectivity index (χ0v) is 17.7. The molecule has 8 nitrogen and oxygen atoms in total. The van der Waals surface area contributed by atoms with Gasteiger partial charge in [0.05, 0.1) is 12.7 Å². The highest BCUT2D eigenvalue weighted by Crippen LogP contribution is 2.23. The van der Waals surface area contributed by atoms with Crippen LogP contribution in [-0.2, 0) is 27.1 Å². The van der Waals surface area contributed by atoms with Crippen molar-refractivity contribution in [2.45, 2.75) is 62.8 Å². The number of aryl methyl sites for hydroxylation is 2. The molecule has 0 bridgehead atoms. The molecule has 0 aliphatic carbocycles. The van der Waals surface area contributed by atoms with E-state index in [1.165, 1.54) is 0 Å². The van der Waals surface area contributed by atoms with E-state index in [1.54, 1.807) is 42.5 Å². The quantitative estimate of drug-likeness (QED) is 0.370. The second kappa shape index (κ2) is 11.4. The van der Waals surface area contributed by atoms with E-state index >= 15 is 0 Å². The van der Waals surface area contributed by atoms with Gasteiger partial charge in [-0.3, -0.25) is 4.79 Å². The normalized spacial score (nSPS) is 24.2. The Morgan fingerprint density at radius 3 is 2.44 bits per heavy atom. The molecule has 1 saturated heterocycles. The topological polar surface area (TPSA) is 137 Å². The summed E-state index contributed by atoms with van der Waals surface area (Å²) in [6, 6.07) is 13.5. The summed E-state index contributed by atoms with van der Waals surface area (Å²) in [6.07, 6.45) is -3.94. The maximum atomic E-state index is 12.6. The van der Waals surface area contributed by atoms with Crippen molar-refractivity contribution < 1.29 is 39.8 Å². The summed E-state index contributed by atoms with van der Waals surface area (Å²) < 4.78 is 11.2. The lowest BCUT2D eigenvalue weighted by molar-refractivity contribution is -0.282. The summed E-state index contributed by atoms with van der Waals surface area (Å²) in [4.78, 5) is 12.6. The standard InChI is InChI=1S/C24H30O8/c25-17-8-4-15(5-9-17)6-10-19(27)13-20(11-7-16-2-1-3-18(26)12-16)32-24-23(30)22(29)21(28)14-31-24/h1-5,8-9,12,20-26,28-30H,6-7,10-11,13-14H2/t20-,21+,22-,23+,24-/m0/s1. The number of phenolic OH excluding ortho intramolecular Hbond substituents is 2. The Balaban J connectivity index is 1.60. The number of aliphatic hydroxyl groups is 3. The molecule has 32 heavy (non-hydrogen) atoms. The Bertz CT molecular complexity index is 869. The Hall–Kier alpha value is -2.49. The number of phenols is 2. The van der Waals surface area contributed by atoms with E-state index in [-0.39, 0.29) is 36.7 Å². The van der Waals surface area contributed by atoms with Crippen LogP contribution in [0.1, 0.15) is 30.4 Å². The molecule has 0 spiro atoms. The molecule has 1 fully saturated rings. The summed E-state index contributed by atoms with van der Waals surface area (Å²) in [5.74, 6) is 0.275. The van der Waals surface area contributed by atoms with Crippen LogP contribution in [0.15, 0.2) is 48.5 Å². The Kier molecular flexibility index (Phi) is 8.60. The SMILES string of the molecule is O=C(CCc1ccc(O)cc1)C[C@H](CCc1cccc(O)c1)O[C@@H]1OC[C@@H](O)[C@H](O)[C@H]1O. The number of aliphatic hydroxyl groups excluding tert-OH is 3. The van der Waals surface area contributed by atoms with Crippen LogP contribution in [0, 0.1) is 0 Å². The fourth-order valence-corrected chi connectivity index (χ4v) is 3.65. The molecule has 0 aromatic heterocycles. The van der Waals surface area contributed by atoms with Crippen LogP contribution >= 0.6 is 0 Å². The first-order chi connectivity index (χ1) is 15.3. The molecule has 0 saturated carbocycles. The largest absolute Gasteiger partial charge is 0.508 e. The molecule has 0 radical (unpaired) electrons. The third-order valence-electron chi connectivity index (χ3n) is 5.53. The molecule has 0 unspecified atom stereocenters. The van der Waals surface area contributed by atoms with Crippen LogP contribution in [0.5, 0.6) is 11.5 Å². The van der Waals surface area contributed by atoms with Gasteiger partial charge in [-0.1, -0.05) is 24.3 Å².